The van der Waals surface area contributed by atoms with Crippen LogP contribution in [0, 0.1) is 12.8 Å². The van der Waals surface area contributed by atoms with E-state index >= 15 is 0 Å². The number of phenolic OH excluding ortho intramolecular Hbond substituents is 1. The summed E-state index contributed by atoms with van der Waals surface area (Å²) < 4.78 is 5.85. The maximum atomic E-state index is 12.9. The van der Waals surface area contributed by atoms with Crippen LogP contribution in [0.15, 0.2) is 23.2 Å². The van der Waals surface area contributed by atoms with Gasteiger partial charge in [0.25, 0.3) is 5.91 Å². The molecule has 3 rings (SSSR count). The first-order valence-corrected chi connectivity index (χ1v) is 8.97. The van der Waals surface area contributed by atoms with Gasteiger partial charge in [-0.2, -0.15) is 0 Å². The molecule has 1 aromatic rings. The molecule has 2 aliphatic rings. The van der Waals surface area contributed by atoms with E-state index in [1.54, 1.807) is 19.2 Å². The highest BCUT2D eigenvalue weighted by molar-refractivity contribution is 6.06. The van der Waals surface area contributed by atoms with E-state index in [0.29, 0.717) is 18.1 Å². The van der Waals surface area contributed by atoms with E-state index < -0.39 is 5.54 Å². The third kappa shape index (κ3) is 3.57. The van der Waals surface area contributed by atoms with Crippen molar-refractivity contribution in [3.8, 4) is 11.5 Å². The summed E-state index contributed by atoms with van der Waals surface area (Å²) in [6.07, 6.45) is 6.53. The van der Waals surface area contributed by atoms with Crippen molar-refractivity contribution in [2.24, 2.45) is 16.6 Å². The standard InChI is InChI=1S/C19H27N3O3/c1-13-8-9-15(23)16(10-13)25-12-19(11-14-6-4-3-5-7-14)17(24)22(2)18(20)21-19/h8-10,14,23H,3-7,11-12H2,1-2H3,(H2,20,21). The molecule has 1 fully saturated rings. The first-order valence-electron chi connectivity index (χ1n) is 8.97. The molecule has 6 nitrogen and oxygen atoms in total. The number of nitrogens with zero attached hydrogens (tertiary/aromatic N) is 2. The zero-order valence-corrected chi connectivity index (χ0v) is 15.0. The number of hydrogen-bond donors (Lipinski definition) is 2. The molecule has 1 unspecified atom stereocenters. The largest absolute Gasteiger partial charge is 0.504 e. The maximum Gasteiger partial charge on any atom is 0.260 e. The van der Waals surface area contributed by atoms with Crippen molar-refractivity contribution in [2.45, 2.75) is 51.0 Å². The lowest BCUT2D eigenvalue weighted by Crippen LogP contribution is -2.47. The summed E-state index contributed by atoms with van der Waals surface area (Å²) in [6.45, 7) is 2.01. The van der Waals surface area contributed by atoms with Crippen LogP contribution in [0.4, 0.5) is 0 Å². The number of amides is 1. The maximum absolute atomic E-state index is 12.9. The molecule has 1 aliphatic heterocycles. The Morgan fingerprint density at radius 3 is 2.72 bits per heavy atom. The van der Waals surface area contributed by atoms with Gasteiger partial charge >= 0.3 is 0 Å². The first-order chi connectivity index (χ1) is 11.9. The summed E-state index contributed by atoms with van der Waals surface area (Å²) in [5.41, 5.74) is 5.91. The number of likely N-dealkylation sites (N-methyl/N-ethyl adjacent to an activating group) is 1. The van der Waals surface area contributed by atoms with Crippen LogP contribution in [0.3, 0.4) is 0 Å². The molecule has 1 amide bonds. The number of aryl methyl sites for hydroxylation is 1. The van der Waals surface area contributed by atoms with Crippen molar-refractivity contribution in [2.75, 3.05) is 13.7 Å². The SMILES string of the molecule is Cc1ccc(O)c(OCC2(CC3CCCCC3)N=C(N)N(C)C2=O)c1. The highest BCUT2D eigenvalue weighted by Gasteiger charge is 2.48. The molecule has 1 atom stereocenters. The highest BCUT2D eigenvalue weighted by Crippen LogP contribution is 2.37. The second-order valence-corrected chi connectivity index (χ2v) is 7.33. The molecule has 25 heavy (non-hydrogen) atoms. The number of hydrogen-bond acceptors (Lipinski definition) is 5. The van der Waals surface area contributed by atoms with Gasteiger partial charge in [0, 0.05) is 7.05 Å². The topological polar surface area (TPSA) is 88.2 Å². The third-order valence-corrected chi connectivity index (χ3v) is 5.31. The minimum absolute atomic E-state index is 0.0640. The molecule has 0 saturated heterocycles. The number of nitrogens with two attached hydrogens (primary N) is 1. The summed E-state index contributed by atoms with van der Waals surface area (Å²) >= 11 is 0. The molecule has 1 aliphatic carbocycles. The molecule has 0 spiro atoms. The summed E-state index contributed by atoms with van der Waals surface area (Å²) in [5.74, 6) is 1.00. The Bertz CT molecular complexity index is 682. The summed E-state index contributed by atoms with van der Waals surface area (Å²) in [5, 5.41) is 10.0. The van der Waals surface area contributed by atoms with Gasteiger partial charge in [0.05, 0.1) is 0 Å². The number of benzene rings is 1. The number of carbonyl (C=O) groups excluding carboxylic acids is 1. The molecule has 0 radical (unpaired) electrons. The average Bonchev–Trinajstić information content (AvgIpc) is 2.81. The number of carbonyl (C=O) groups is 1. The Labute approximate surface area is 148 Å². The Hall–Kier alpha value is -2.24. The van der Waals surface area contributed by atoms with Gasteiger partial charge in [-0.15, -0.1) is 0 Å². The first kappa shape index (κ1) is 17.6. The lowest BCUT2D eigenvalue weighted by atomic mass is 9.79. The Morgan fingerprint density at radius 2 is 2.08 bits per heavy atom. The number of rotatable bonds is 5. The average molecular weight is 345 g/mol. The number of phenols is 1. The fourth-order valence-corrected chi connectivity index (χ4v) is 3.85. The Kier molecular flexibility index (Phi) is 4.88. The number of aromatic hydroxyl groups is 1. The zero-order chi connectivity index (χ0) is 18.0. The highest BCUT2D eigenvalue weighted by atomic mass is 16.5. The van der Waals surface area contributed by atoms with Crippen molar-refractivity contribution in [1.29, 1.82) is 0 Å². The lowest BCUT2D eigenvalue weighted by molar-refractivity contribution is -0.132. The molecule has 1 aromatic carbocycles. The fourth-order valence-electron chi connectivity index (χ4n) is 3.85. The van der Waals surface area contributed by atoms with Gasteiger partial charge in [0.2, 0.25) is 0 Å². The van der Waals surface area contributed by atoms with Crippen molar-refractivity contribution in [1.82, 2.24) is 4.90 Å². The van der Waals surface area contributed by atoms with Gasteiger partial charge < -0.3 is 15.6 Å². The van der Waals surface area contributed by atoms with Crippen molar-refractivity contribution >= 4 is 11.9 Å². The van der Waals surface area contributed by atoms with E-state index in [4.69, 9.17) is 10.5 Å². The smallest absolute Gasteiger partial charge is 0.260 e. The predicted molar refractivity (Wildman–Crippen MR) is 96.7 cm³/mol. The number of aliphatic imine (C=N–C) groups is 1. The van der Waals surface area contributed by atoms with Gasteiger partial charge in [-0.1, -0.05) is 38.2 Å². The van der Waals surface area contributed by atoms with Gasteiger partial charge in [-0.3, -0.25) is 9.69 Å². The lowest BCUT2D eigenvalue weighted by Gasteiger charge is -2.31. The second-order valence-electron chi connectivity index (χ2n) is 7.33. The normalized spacial score (nSPS) is 24.5. The minimum atomic E-state index is -0.989. The van der Waals surface area contributed by atoms with Gasteiger partial charge in [0.1, 0.15) is 6.61 Å². The monoisotopic (exact) mass is 345 g/mol. The quantitative estimate of drug-likeness (QED) is 0.858. The van der Waals surface area contributed by atoms with Crippen LogP contribution in [-0.4, -0.2) is 41.1 Å². The Balaban J connectivity index is 1.81. The van der Waals surface area contributed by atoms with Crippen LogP contribution in [0.5, 0.6) is 11.5 Å². The van der Waals surface area contributed by atoms with Crippen LogP contribution in [0.25, 0.3) is 0 Å². The molecule has 0 bridgehead atoms. The van der Waals surface area contributed by atoms with Gasteiger partial charge in [-0.25, -0.2) is 4.99 Å². The van der Waals surface area contributed by atoms with Crippen LogP contribution in [-0.2, 0) is 4.79 Å². The molecule has 6 heteroatoms. The second kappa shape index (κ2) is 6.94. The van der Waals surface area contributed by atoms with Crippen molar-refractivity contribution < 1.29 is 14.6 Å². The molecule has 1 heterocycles. The summed E-state index contributed by atoms with van der Waals surface area (Å²) in [6, 6.07) is 5.17. The van der Waals surface area contributed by atoms with E-state index in [2.05, 4.69) is 4.99 Å². The van der Waals surface area contributed by atoms with Crippen molar-refractivity contribution in [3.63, 3.8) is 0 Å². The van der Waals surface area contributed by atoms with Crippen LogP contribution in [0.2, 0.25) is 0 Å². The molecular formula is C19H27N3O3. The van der Waals surface area contributed by atoms with E-state index in [-0.39, 0.29) is 24.2 Å². The van der Waals surface area contributed by atoms with E-state index in [0.717, 1.165) is 18.4 Å². The van der Waals surface area contributed by atoms with Crippen LogP contribution in [0.1, 0.15) is 44.1 Å². The minimum Gasteiger partial charge on any atom is -0.504 e. The molecule has 3 N–H and O–H groups in total. The molecule has 136 valence electrons. The number of ether oxygens (including phenoxy) is 1. The molecule has 0 aromatic heterocycles. The zero-order valence-electron chi connectivity index (χ0n) is 15.0. The molecular weight excluding hydrogens is 318 g/mol. The van der Waals surface area contributed by atoms with Gasteiger partial charge in [-0.05, 0) is 37.0 Å². The van der Waals surface area contributed by atoms with Gasteiger partial charge in [0.15, 0.2) is 23.0 Å². The summed E-state index contributed by atoms with van der Waals surface area (Å²) in [7, 11) is 1.65. The third-order valence-electron chi connectivity index (χ3n) is 5.31. The number of guanidine groups is 1. The van der Waals surface area contributed by atoms with E-state index in [9.17, 15) is 9.90 Å². The fraction of sp³-hybridized carbons (Fsp3) is 0.579. The van der Waals surface area contributed by atoms with E-state index in [1.165, 1.54) is 24.2 Å². The van der Waals surface area contributed by atoms with E-state index in [1.807, 2.05) is 13.0 Å². The summed E-state index contributed by atoms with van der Waals surface area (Å²) in [4.78, 5) is 18.8. The Morgan fingerprint density at radius 1 is 1.36 bits per heavy atom. The van der Waals surface area contributed by atoms with Crippen LogP contribution < -0.4 is 10.5 Å². The van der Waals surface area contributed by atoms with Crippen LogP contribution >= 0.6 is 0 Å². The van der Waals surface area contributed by atoms with Crippen molar-refractivity contribution in [3.05, 3.63) is 23.8 Å². The predicted octanol–water partition coefficient (Wildman–Crippen LogP) is 2.58. The molecule has 1 saturated carbocycles.